The summed E-state index contributed by atoms with van der Waals surface area (Å²) < 4.78 is 7.20. The number of anilines is 1. The Balaban J connectivity index is 2.08. The van der Waals surface area contributed by atoms with Gasteiger partial charge in [0, 0.05) is 17.6 Å². The van der Waals surface area contributed by atoms with Gasteiger partial charge >= 0.3 is 0 Å². The highest BCUT2D eigenvalue weighted by Gasteiger charge is 2.13. The number of benzene rings is 1. The third kappa shape index (κ3) is 2.07. The van der Waals surface area contributed by atoms with Crippen molar-refractivity contribution in [2.75, 3.05) is 12.8 Å². The SMILES string of the molecule is COc1nn(Cc2ccc(C)nc2)c2cccc(N)c12. The summed E-state index contributed by atoms with van der Waals surface area (Å²) in [4.78, 5) is 4.30. The molecule has 0 saturated carbocycles. The van der Waals surface area contributed by atoms with Crippen LogP contribution in [0, 0.1) is 6.92 Å². The molecule has 2 aromatic heterocycles. The highest BCUT2D eigenvalue weighted by Crippen LogP contribution is 2.30. The van der Waals surface area contributed by atoms with Crippen molar-refractivity contribution in [3.8, 4) is 5.88 Å². The molecule has 5 heteroatoms. The van der Waals surface area contributed by atoms with Crippen LogP contribution in [0.5, 0.6) is 5.88 Å². The molecule has 2 N–H and O–H groups in total. The summed E-state index contributed by atoms with van der Waals surface area (Å²) >= 11 is 0. The van der Waals surface area contributed by atoms with Crippen molar-refractivity contribution in [2.45, 2.75) is 13.5 Å². The van der Waals surface area contributed by atoms with Crippen LogP contribution in [0.25, 0.3) is 10.9 Å². The molecule has 0 amide bonds. The van der Waals surface area contributed by atoms with Gasteiger partial charge in [0.1, 0.15) is 0 Å². The number of fused-ring (bicyclic) bond motifs is 1. The minimum atomic E-state index is 0.554. The standard InChI is InChI=1S/C15H16N4O/c1-10-6-7-11(8-17-10)9-19-13-5-3-4-12(16)14(13)15(18-19)20-2/h3-8H,9,16H2,1-2H3. The molecule has 20 heavy (non-hydrogen) atoms. The summed E-state index contributed by atoms with van der Waals surface area (Å²) in [6, 6.07) is 9.80. The first-order valence-electron chi connectivity index (χ1n) is 6.39. The zero-order chi connectivity index (χ0) is 14.1. The number of hydrogen-bond acceptors (Lipinski definition) is 4. The Morgan fingerprint density at radius 1 is 1.25 bits per heavy atom. The maximum atomic E-state index is 6.01. The van der Waals surface area contributed by atoms with Crippen LogP contribution in [-0.4, -0.2) is 21.9 Å². The Labute approximate surface area is 117 Å². The monoisotopic (exact) mass is 268 g/mol. The number of hydrogen-bond donors (Lipinski definition) is 1. The molecular weight excluding hydrogens is 252 g/mol. The largest absolute Gasteiger partial charge is 0.479 e. The molecule has 0 bridgehead atoms. The maximum Gasteiger partial charge on any atom is 0.242 e. The molecule has 0 fully saturated rings. The lowest BCUT2D eigenvalue weighted by Crippen LogP contribution is -2.02. The Morgan fingerprint density at radius 2 is 2.10 bits per heavy atom. The molecule has 0 atom stereocenters. The van der Waals surface area contributed by atoms with Crippen molar-refractivity contribution in [1.29, 1.82) is 0 Å². The number of nitrogen functional groups attached to an aromatic ring is 1. The Morgan fingerprint density at radius 3 is 2.80 bits per heavy atom. The lowest BCUT2D eigenvalue weighted by Gasteiger charge is -2.04. The van der Waals surface area contributed by atoms with Gasteiger partial charge in [0.05, 0.1) is 24.6 Å². The van der Waals surface area contributed by atoms with Gasteiger partial charge in [-0.3, -0.25) is 9.67 Å². The van der Waals surface area contributed by atoms with Gasteiger partial charge in [-0.1, -0.05) is 12.1 Å². The van der Waals surface area contributed by atoms with E-state index in [0.717, 1.165) is 22.2 Å². The quantitative estimate of drug-likeness (QED) is 0.741. The summed E-state index contributed by atoms with van der Waals surface area (Å²) in [5, 5.41) is 5.33. The number of pyridine rings is 1. The molecule has 0 spiro atoms. The number of ether oxygens (including phenoxy) is 1. The second kappa shape index (κ2) is 4.85. The smallest absolute Gasteiger partial charge is 0.242 e. The fourth-order valence-corrected chi connectivity index (χ4v) is 2.25. The molecular formula is C15H16N4O. The Bertz CT molecular complexity index is 746. The summed E-state index contributed by atoms with van der Waals surface area (Å²) in [5.41, 5.74) is 9.74. The van der Waals surface area contributed by atoms with Gasteiger partial charge in [-0.05, 0) is 30.7 Å². The molecule has 3 rings (SSSR count). The van der Waals surface area contributed by atoms with Crippen LogP contribution in [0.4, 0.5) is 5.69 Å². The minimum Gasteiger partial charge on any atom is -0.479 e. The van der Waals surface area contributed by atoms with E-state index in [0.29, 0.717) is 18.1 Å². The van der Waals surface area contributed by atoms with Gasteiger partial charge in [-0.15, -0.1) is 5.10 Å². The third-order valence-corrected chi connectivity index (χ3v) is 3.28. The van der Waals surface area contributed by atoms with Crippen molar-refractivity contribution >= 4 is 16.6 Å². The van der Waals surface area contributed by atoms with Gasteiger partial charge in [-0.2, -0.15) is 0 Å². The fraction of sp³-hybridized carbons (Fsp3) is 0.200. The van der Waals surface area contributed by atoms with Crippen LogP contribution in [0.1, 0.15) is 11.3 Å². The van der Waals surface area contributed by atoms with Crippen LogP contribution in [-0.2, 0) is 6.54 Å². The average molecular weight is 268 g/mol. The summed E-state index contributed by atoms with van der Waals surface area (Å²) in [7, 11) is 1.60. The normalized spacial score (nSPS) is 10.9. The Kier molecular flexibility index (Phi) is 3.02. The van der Waals surface area contributed by atoms with Crippen LogP contribution in [0.2, 0.25) is 0 Å². The molecule has 0 radical (unpaired) electrons. The van der Waals surface area contributed by atoms with Crippen molar-refractivity contribution < 1.29 is 4.74 Å². The topological polar surface area (TPSA) is 66.0 Å². The first kappa shape index (κ1) is 12.5. The van der Waals surface area contributed by atoms with E-state index in [9.17, 15) is 0 Å². The van der Waals surface area contributed by atoms with Crippen molar-refractivity contribution in [3.05, 3.63) is 47.8 Å². The maximum absolute atomic E-state index is 6.01. The number of nitrogens with zero attached hydrogens (tertiary/aromatic N) is 3. The van der Waals surface area contributed by atoms with Gasteiger partial charge < -0.3 is 10.5 Å². The highest BCUT2D eigenvalue weighted by molar-refractivity contribution is 5.95. The van der Waals surface area contributed by atoms with E-state index < -0.39 is 0 Å². The Hall–Kier alpha value is -2.56. The van der Waals surface area contributed by atoms with Crippen LogP contribution < -0.4 is 10.5 Å². The lowest BCUT2D eigenvalue weighted by atomic mass is 10.2. The van der Waals surface area contributed by atoms with E-state index in [1.165, 1.54) is 0 Å². The number of aromatic nitrogens is 3. The zero-order valence-electron chi connectivity index (χ0n) is 11.5. The highest BCUT2D eigenvalue weighted by atomic mass is 16.5. The van der Waals surface area contributed by atoms with Crippen LogP contribution in [0.15, 0.2) is 36.5 Å². The predicted molar refractivity (Wildman–Crippen MR) is 78.8 cm³/mol. The number of aryl methyl sites for hydroxylation is 1. The van der Waals surface area contributed by atoms with Crippen molar-refractivity contribution in [1.82, 2.24) is 14.8 Å². The molecule has 2 heterocycles. The van der Waals surface area contributed by atoms with E-state index in [1.807, 2.05) is 42.1 Å². The van der Waals surface area contributed by atoms with Gasteiger partial charge in [0.2, 0.25) is 5.88 Å². The third-order valence-electron chi connectivity index (χ3n) is 3.28. The van der Waals surface area contributed by atoms with Crippen molar-refractivity contribution in [2.24, 2.45) is 0 Å². The second-order valence-electron chi connectivity index (χ2n) is 4.72. The van der Waals surface area contributed by atoms with Crippen molar-refractivity contribution in [3.63, 3.8) is 0 Å². The van der Waals surface area contributed by atoms with Gasteiger partial charge in [0.15, 0.2) is 0 Å². The van der Waals surface area contributed by atoms with Crippen LogP contribution >= 0.6 is 0 Å². The van der Waals surface area contributed by atoms with Gasteiger partial charge in [0.25, 0.3) is 0 Å². The summed E-state index contributed by atoms with van der Waals surface area (Å²) in [6.45, 7) is 2.60. The summed E-state index contributed by atoms with van der Waals surface area (Å²) in [5.74, 6) is 0.554. The van der Waals surface area contributed by atoms with E-state index in [2.05, 4.69) is 16.1 Å². The number of nitrogens with two attached hydrogens (primary N) is 1. The summed E-state index contributed by atoms with van der Waals surface area (Å²) in [6.07, 6.45) is 1.86. The molecule has 0 unspecified atom stereocenters. The predicted octanol–water partition coefficient (Wildman–Crippen LogP) is 2.38. The molecule has 0 aliphatic rings. The van der Waals surface area contributed by atoms with Gasteiger partial charge in [-0.25, -0.2) is 0 Å². The molecule has 5 nitrogen and oxygen atoms in total. The average Bonchev–Trinajstić information content (AvgIpc) is 2.81. The first-order chi connectivity index (χ1) is 9.69. The molecule has 3 aromatic rings. The number of rotatable bonds is 3. The molecule has 0 aliphatic heterocycles. The van der Waals surface area contributed by atoms with E-state index >= 15 is 0 Å². The second-order valence-corrected chi connectivity index (χ2v) is 4.72. The lowest BCUT2D eigenvalue weighted by molar-refractivity contribution is 0.394. The number of methoxy groups -OCH3 is 1. The molecule has 0 saturated heterocycles. The minimum absolute atomic E-state index is 0.554. The zero-order valence-corrected chi connectivity index (χ0v) is 11.5. The molecule has 0 aliphatic carbocycles. The van der Waals surface area contributed by atoms with Crippen LogP contribution in [0.3, 0.4) is 0 Å². The first-order valence-corrected chi connectivity index (χ1v) is 6.39. The van der Waals surface area contributed by atoms with E-state index in [4.69, 9.17) is 10.5 Å². The molecule has 102 valence electrons. The molecule has 1 aromatic carbocycles. The van der Waals surface area contributed by atoms with E-state index in [1.54, 1.807) is 7.11 Å². The fourth-order valence-electron chi connectivity index (χ4n) is 2.25. The van der Waals surface area contributed by atoms with E-state index in [-0.39, 0.29) is 0 Å².